The van der Waals surface area contributed by atoms with Crippen molar-refractivity contribution in [3.05, 3.63) is 47.0 Å². The Hall–Kier alpha value is -2.21. The monoisotopic (exact) mass is 290 g/mol. The van der Waals surface area contributed by atoms with Gasteiger partial charge in [0.2, 0.25) is 5.91 Å². The van der Waals surface area contributed by atoms with Crippen molar-refractivity contribution in [1.29, 1.82) is 0 Å². The number of nitrogens with zero attached hydrogens (tertiary/aromatic N) is 1. The zero-order valence-corrected chi connectivity index (χ0v) is 11.5. The minimum Gasteiger partial charge on any atom is -0.481 e. The van der Waals surface area contributed by atoms with E-state index in [9.17, 15) is 9.59 Å². The van der Waals surface area contributed by atoms with Crippen molar-refractivity contribution in [2.24, 2.45) is 0 Å². The van der Waals surface area contributed by atoms with E-state index in [2.05, 4.69) is 10.3 Å². The molecular formula is C14H14N2O3S. The molecule has 0 aliphatic rings. The highest BCUT2D eigenvalue weighted by atomic mass is 32.1. The van der Waals surface area contributed by atoms with Gasteiger partial charge in [-0.3, -0.25) is 9.59 Å². The van der Waals surface area contributed by atoms with Crippen LogP contribution in [0.25, 0.3) is 0 Å². The van der Waals surface area contributed by atoms with E-state index >= 15 is 0 Å². The summed E-state index contributed by atoms with van der Waals surface area (Å²) in [5.41, 5.74) is 1.18. The highest BCUT2D eigenvalue weighted by molar-refractivity contribution is 7.15. The molecule has 1 aromatic carbocycles. The lowest BCUT2D eigenvalue weighted by Crippen LogP contribution is -2.12. The number of carbonyl (C=O) groups is 2. The third kappa shape index (κ3) is 4.47. The molecule has 1 heterocycles. The molecule has 104 valence electrons. The molecule has 0 spiro atoms. The Kier molecular flexibility index (Phi) is 4.84. The minimum atomic E-state index is -0.982. The first-order valence-electron chi connectivity index (χ1n) is 6.14. The summed E-state index contributed by atoms with van der Waals surface area (Å²) in [5.74, 6) is -1.31. The molecule has 5 nitrogen and oxygen atoms in total. The van der Waals surface area contributed by atoms with Gasteiger partial charge in [0.15, 0.2) is 5.13 Å². The molecule has 20 heavy (non-hydrogen) atoms. The lowest BCUT2D eigenvalue weighted by molar-refractivity contribution is -0.138. The Morgan fingerprint density at radius 2 is 1.95 bits per heavy atom. The van der Waals surface area contributed by atoms with Crippen LogP contribution < -0.4 is 5.32 Å². The molecule has 0 unspecified atom stereocenters. The van der Waals surface area contributed by atoms with Crippen LogP contribution in [0.15, 0.2) is 36.5 Å². The third-order valence-electron chi connectivity index (χ3n) is 2.59. The first-order chi connectivity index (χ1) is 9.63. The largest absolute Gasteiger partial charge is 0.481 e. The van der Waals surface area contributed by atoms with Crippen LogP contribution in [-0.2, 0) is 16.0 Å². The number of carboxylic acid groups (broad SMARTS) is 1. The number of anilines is 1. The van der Waals surface area contributed by atoms with Gasteiger partial charge in [0, 0.05) is 23.9 Å². The Morgan fingerprint density at radius 3 is 2.65 bits per heavy atom. The van der Waals surface area contributed by atoms with Crippen LogP contribution in [0.2, 0.25) is 0 Å². The number of carboxylic acids is 1. The molecule has 0 saturated heterocycles. The highest BCUT2D eigenvalue weighted by Crippen LogP contribution is 2.21. The number of aromatic nitrogens is 1. The lowest BCUT2D eigenvalue weighted by Gasteiger charge is -1.99. The first-order valence-corrected chi connectivity index (χ1v) is 6.95. The molecule has 0 fully saturated rings. The average Bonchev–Trinajstić information content (AvgIpc) is 2.85. The van der Waals surface area contributed by atoms with E-state index in [1.165, 1.54) is 16.9 Å². The SMILES string of the molecule is O=C(O)CCC(=O)Nc1ncc(Cc2ccccc2)s1. The number of aliphatic carboxylic acids is 1. The Labute approximate surface area is 120 Å². The fraction of sp³-hybridized carbons (Fsp3) is 0.214. The maximum Gasteiger partial charge on any atom is 0.303 e. The summed E-state index contributed by atoms with van der Waals surface area (Å²) in [6.45, 7) is 0. The molecule has 0 bridgehead atoms. The molecule has 0 atom stereocenters. The van der Waals surface area contributed by atoms with E-state index in [0.717, 1.165) is 11.3 Å². The van der Waals surface area contributed by atoms with Gasteiger partial charge in [0.05, 0.1) is 6.42 Å². The maximum absolute atomic E-state index is 11.5. The van der Waals surface area contributed by atoms with E-state index in [-0.39, 0.29) is 18.7 Å². The molecule has 0 saturated carbocycles. The van der Waals surface area contributed by atoms with Gasteiger partial charge in [-0.15, -0.1) is 11.3 Å². The van der Waals surface area contributed by atoms with Crippen molar-refractivity contribution < 1.29 is 14.7 Å². The summed E-state index contributed by atoms with van der Waals surface area (Å²) in [5, 5.41) is 11.6. The van der Waals surface area contributed by atoms with Gasteiger partial charge in [-0.05, 0) is 5.56 Å². The fourth-order valence-electron chi connectivity index (χ4n) is 1.65. The minimum absolute atomic E-state index is 0.0388. The predicted molar refractivity (Wildman–Crippen MR) is 76.9 cm³/mol. The van der Waals surface area contributed by atoms with Crippen molar-refractivity contribution in [1.82, 2.24) is 4.98 Å². The predicted octanol–water partition coefficient (Wildman–Crippen LogP) is 2.54. The van der Waals surface area contributed by atoms with Crippen LogP contribution in [0.5, 0.6) is 0 Å². The molecule has 6 heteroatoms. The molecule has 1 amide bonds. The molecule has 2 aromatic rings. The van der Waals surface area contributed by atoms with Gasteiger partial charge < -0.3 is 10.4 Å². The number of rotatable bonds is 6. The number of hydrogen-bond acceptors (Lipinski definition) is 4. The second-order valence-corrected chi connectivity index (χ2v) is 5.35. The summed E-state index contributed by atoms with van der Waals surface area (Å²) >= 11 is 1.40. The van der Waals surface area contributed by atoms with Gasteiger partial charge in [-0.25, -0.2) is 4.98 Å². The molecular weight excluding hydrogens is 276 g/mol. The van der Waals surface area contributed by atoms with Crippen molar-refractivity contribution >= 4 is 28.3 Å². The summed E-state index contributed by atoms with van der Waals surface area (Å²) in [4.78, 5) is 27.0. The van der Waals surface area contributed by atoms with E-state index in [4.69, 9.17) is 5.11 Å². The number of carbonyl (C=O) groups excluding carboxylic acids is 1. The van der Waals surface area contributed by atoms with Crippen LogP contribution in [0, 0.1) is 0 Å². The molecule has 0 radical (unpaired) electrons. The average molecular weight is 290 g/mol. The molecule has 0 aliphatic heterocycles. The van der Waals surface area contributed by atoms with E-state index in [1.54, 1.807) is 6.20 Å². The van der Waals surface area contributed by atoms with Gasteiger partial charge in [-0.2, -0.15) is 0 Å². The Balaban J connectivity index is 1.89. The van der Waals surface area contributed by atoms with Crippen molar-refractivity contribution in [3.8, 4) is 0 Å². The quantitative estimate of drug-likeness (QED) is 0.857. The van der Waals surface area contributed by atoms with E-state index < -0.39 is 5.97 Å². The summed E-state index contributed by atoms with van der Waals surface area (Å²) < 4.78 is 0. The van der Waals surface area contributed by atoms with Crippen molar-refractivity contribution in [3.63, 3.8) is 0 Å². The highest BCUT2D eigenvalue weighted by Gasteiger charge is 2.09. The van der Waals surface area contributed by atoms with Crippen molar-refractivity contribution in [2.45, 2.75) is 19.3 Å². The molecule has 2 rings (SSSR count). The van der Waals surface area contributed by atoms with Crippen LogP contribution in [0.4, 0.5) is 5.13 Å². The first kappa shape index (κ1) is 14.2. The Morgan fingerprint density at radius 1 is 1.20 bits per heavy atom. The standard InChI is InChI=1S/C14H14N2O3S/c17-12(6-7-13(18)19)16-14-15-9-11(20-14)8-10-4-2-1-3-5-10/h1-5,9H,6-8H2,(H,18,19)(H,15,16,17). The topological polar surface area (TPSA) is 79.3 Å². The van der Waals surface area contributed by atoms with Gasteiger partial charge in [-0.1, -0.05) is 30.3 Å². The second kappa shape index (κ2) is 6.81. The van der Waals surface area contributed by atoms with Gasteiger partial charge in [0.25, 0.3) is 0 Å². The van der Waals surface area contributed by atoms with Gasteiger partial charge >= 0.3 is 5.97 Å². The zero-order valence-electron chi connectivity index (χ0n) is 10.7. The summed E-state index contributed by atoms with van der Waals surface area (Å²) in [6, 6.07) is 9.98. The maximum atomic E-state index is 11.5. The van der Waals surface area contributed by atoms with Crippen LogP contribution in [0.1, 0.15) is 23.3 Å². The smallest absolute Gasteiger partial charge is 0.303 e. The second-order valence-electron chi connectivity index (χ2n) is 4.24. The van der Waals surface area contributed by atoms with E-state index in [0.29, 0.717) is 5.13 Å². The van der Waals surface area contributed by atoms with Gasteiger partial charge in [0.1, 0.15) is 0 Å². The summed E-state index contributed by atoms with van der Waals surface area (Å²) in [6.07, 6.45) is 2.28. The zero-order chi connectivity index (χ0) is 14.4. The molecule has 2 N–H and O–H groups in total. The van der Waals surface area contributed by atoms with Crippen molar-refractivity contribution in [2.75, 3.05) is 5.32 Å². The van der Waals surface area contributed by atoms with Crippen LogP contribution >= 0.6 is 11.3 Å². The molecule has 0 aliphatic carbocycles. The fourth-order valence-corrected chi connectivity index (χ4v) is 2.51. The number of amides is 1. The number of hydrogen-bond donors (Lipinski definition) is 2. The van der Waals surface area contributed by atoms with Crippen LogP contribution in [-0.4, -0.2) is 22.0 Å². The normalized spacial score (nSPS) is 10.2. The number of nitrogens with one attached hydrogen (secondary N) is 1. The number of thiazole rings is 1. The van der Waals surface area contributed by atoms with Crippen LogP contribution in [0.3, 0.4) is 0 Å². The Bertz CT molecular complexity index is 595. The molecule has 1 aromatic heterocycles. The number of benzene rings is 1. The van der Waals surface area contributed by atoms with E-state index in [1.807, 2.05) is 30.3 Å². The lowest BCUT2D eigenvalue weighted by atomic mass is 10.1. The summed E-state index contributed by atoms with van der Waals surface area (Å²) in [7, 11) is 0. The third-order valence-corrected chi connectivity index (χ3v) is 3.50.